The fraction of sp³-hybridized carbons (Fsp3) is 0.211. The summed E-state index contributed by atoms with van der Waals surface area (Å²) in [6.07, 6.45) is 1.18. The molecule has 9 nitrogen and oxygen atoms in total. The monoisotopic (exact) mass is 419 g/mol. The Morgan fingerprint density at radius 1 is 1.24 bits per heavy atom. The average molecular weight is 419 g/mol. The number of aromatic carboxylic acids is 1. The van der Waals surface area contributed by atoms with Gasteiger partial charge in [-0.2, -0.15) is 9.41 Å². The number of carbonyl (C=O) groups excluding carboxylic acids is 1. The predicted octanol–water partition coefficient (Wildman–Crippen LogP) is 1.47. The van der Waals surface area contributed by atoms with Crippen LogP contribution in [0.25, 0.3) is 0 Å². The number of rotatable bonds is 8. The van der Waals surface area contributed by atoms with Gasteiger partial charge >= 0.3 is 5.97 Å². The number of hydrazone groups is 1. The number of carbonyl (C=O) groups is 2. The summed E-state index contributed by atoms with van der Waals surface area (Å²) in [5, 5.41) is 12.8. The minimum Gasteiger partial charge on any atom is -0.496 e. The van der Waals surface area contributed by atoms with E-state index in [4.69, 9.17) is 9.84 Å². The standard InChI is InChI=1S/C19H21N3O6S/c1-13-10-15(8-9-17(13)28-3)29(26,27)22(2)12-18(23)21-20-11-14-6-4-5-7-16(14)19(24)25/h4-11H,12H2,1-3H3,(H,21,23)(H,24,25). The van der Waals surface area contributed by atoms with Crippen LogP contribution in [0.4, 0.5) is 0 Å². The molecular formula is C19H21N3O6S. The number of nitrogens with one attached hydrogen (secondary N) is 1. The van der Waals surface area contributed by atoms with E-state index in [2.05, 4.69) is 10.5 Å². The number of hydrogen-bond donors (Lipinski definition) is 2. The molecule has 0 saturated carbocycles. The number of nitrogens with zero attached hydrogens (tertiary/aromatic N) is 2. The van der Waals surface area contributed by atoms with Gasteiger partial charge in [0.25, 0.3) is 5.91 Å². The van der Waals surface area contributed by atoms with Crippen molar-refractivity contribution in [1.82, 2.24) is 9.73 Å². The van der Waals surface area contributed by atoms with Gasteiger partial charge in [0.1, 0.15) is 5.75 Å². The molecule has 0 spiro atoms. The van der Waals surface area contributed by atoms with E-state index in [1.165, 1.54) is 44.6 Å². The largest absolute Gasteiger partial charge is 0.496 e. The highest BCUT2D eigenvalue weighted by Gasteiger charge is 2.23. The molecule has 2 aromatic rings. The number of amides is 1. The highest BCUT2D eigenvalue weighted by molar-refractivity contribution is 7.89. The SMILES string of the molecule is COc1ccc(S(=O)(=O)N(C)CC(=O)NN=Cc2ccccc2C(=O)O)cc1C. The Morgan fingerprint density at radius 3 is 2.55 bits per heavy atom. The molecule has 0 unspecified atom stereocenters. The Morgan fingerprint density at radius 2 is 1.93 bits per heavy atom. The van der Waals surface area contributed by atoms with Crippen molar-refractivity contribution < 1.29 is 27.9 Å². The van der Waals surface area contributed by atoms with Gasteiger partial charge in [-0.15, -0.1) is 0 Å². The van der Waals surface area contributed by atoms with Crippen LogP contribution in [0.3, 0.4) is 0 Å². The molecule has 2 N–H and O–H groups in total. The molecule has 0 aliphatic heterocycles. The highest BCUT2D eigenvalue weighted by Crippen LogP contribution is 2.23. The van der Waals surface area contributed by atoms with E-state index in [9.17, 15) is 18.0 Å². The van der Waals surface area contributed by atoms with E-state index >= 15 is 0 Å². The van der Waals surface area contributed by atoms with Crippen molar-refractivity contribution >= 4 is 28.1 Å². The summed E-state index contributed by atoms with van der Waals surface area (Å²) in [7, 11) is -1.13. The first kappa shape index (κ1) is 22.1. The number of carboxylic acid groups (broad SMARTS) is 1. The second-order valence-corrected chi connectivity index (χ2v) is 8.12. The van der Waals surface area contributed by atoms with Gasteiger partial charge in [0.05, 0.1) is 30.3 Å². The summed E-state index contributed by atoms with van der Waals surface area (Å²) in [6.45, 7) is 1.25. The molecule has 0 aliphatic rings. The lowest BCUT2D eigenvalue weighted by molar-refractivity contribution is -0.121. The van der Waals surface area contributed by atoms with Crippen LogP contribution in [0.15, 0.2) is 52.5 Å². The molecule has 0 aromatic heterocycles. The lowest BCUT2D eigenvalue weighted by Crippen LogP contribution is -2.36. The highest BCUT2D eigenvalue weighted by atomic mass is 32.2. The smallest absolute Gasteiger partial charge is 0.336 e. The second-order valence-electron chi connectivity index (χ2n) is 6.08. The maximum atomic E-state index is 12.6. The van der Waals surface area contributed by atoms with Crippen molar-refractivity contribution in [2.24, 2.45) is 5.10 Å². The maximum Gasteiger partial charge on any atom is 0.336 e. The van der Waals surface area contributed by atoms with E-state index in [0.29, 0.717) is 16.9 Å². The lowest BCUT2D eigenvalue weighted by Gasteiger charge is -2.17. The second kappa shape index (κ2) is 9.30. The maximum absolute atomic E-state index is 12.6. The molecule has 2 aromatic carbocycles. The first-order valence-corrected chi connectivity index (χ1v) is 9.86. The van der Waals surface area contributed by atoms with Crippen LogP contribution in [0.5, 0.6) is 5.75 Å². The summed E-state index contributed by atoms with van der Waals surface area (Å²) >= 11 is 0. The first-order chi connectivity index (χ1) is 13.7. The van der Waals surface area contributed by atoms with Gasteiger partial charge in [-0.05, 0) is 36.8 Å². The Kier molecular flexibility index (Phi) is 7.08. The molecule has 0 bridgehead atoms. The van der Waals surface area contributed by atoms with Crippen LogP contribution in [0.1, 0.15) is 21.5 Å². The molecule has 0 radical (unpaired) electrons. The van der Waals surface area contributed by atoms with Crippen molar-refractivity contribution in [2.45, 2.75) is 11.8 Å². The van der Waals surface area contributed by atoms with E-state index in [1.807, 2.05) is 0 Å². The van der Waals surface area contributed by atoms with Gasteiger partial charge < -0.3 is 9.84 Å². The normalized spacial score (nSPS) is 11.6. The minimum absolute atomic E-state index is 0.0278. The minimum atomic E-state index is -3.89. The zero-order chi connectivity index (χ0) is 21.6. The number of aryl methyl sites for hydroxylation is 1. The molecule has 2 rings (SSSR count). The molecule has 0 saturated heterocycles. The molecule has 0 aliphatic carbocycles. The van der Waals surface area contributed by atoms with Gasteiger partial charge in [0, 0.05) is 12.6 Å². The molecule has 0 atom stereocenters. The van der Waals surface area contributed by atoms with Gasteiger partial charge in [-0.3, -0.25) is 4.79 Å². The molecular weight excluding hydrogens is 398 g/mol. The average Bonchev–Trinajstić information content (AvgIpc) is 2.68. The summed E-state index contributed by atoms with van der Waals surface area (Å²) < 4.78 is 31.3. The predicted molar refractivity (Wildman–Crippen MR) is 107 cm³/mol. The molecule has 29 heavy (non-hydrogen) atoms. The number of sulfonamides is 1. The number of carboxylic acids is 1. The summed E-state index contributed by atoms with van der Waals surface area (Å²) in [5.74, 6) is -1.25. The molecule has 0 fully saturated rings. The van der Waals surface area contributed by atoms with Crippen molar-refractivity contribution in [2.75, 3.05) is 20.7 Å². The van der Waals surface area contributed by atoms with E-state index in [-0.39, 0.29) is 10.5 Å². The quantitative estimate of drug-likeness (QED) is 0.493. The topological polar surface area (TPSA) is 125 Å². The van der Waals surface area contributed by atoms with Crippen molar-refractivity contribution in [3.05, 3.63) is 59.2 Å². The number of likely N-dealkylation sites (N-methyl/N-ethyl adjacent to an activating group) is 1. The molecule has 1 amide bonds. The van der Waals surface area contributed by atoms with E-state index in [0.717, 1.165) is 4.31 Å². The third-order valence-corrected chi connectivity index (χ3v) is 5.82. The van der Waals surface area contributed by atoms with Crippen LogP contribution in [0, 0.1) is 6.92 Å². The molecule has 0 heterocycles. The number of benzene rings is 2. The van der Waals surface area contributed by atoms with Gasteiger partial charge in [0.15, 0.2) is 0 Å². The number of hydrogen-bond acceptors (Lipinski definition) is 6. The third-order valence-electron chi connectivity index (χ3n) is 4.02. The summed E-state index contributed by atoms with van der Waals surface area (Å²) in [5.41, 5.74) is 3.17. The molecule has 154 valence electrons. The Labute approximate surface area is 168 Å². The lowest BCUT2D eigenvalue weighted by atomic mass is 10.1. The van der Waals surface area contributed by atoms with Crippen LogP contribution in [0.2, 0.25) is 0 Å². The summed E-state index contributed by atoms with van der Waals surface area (Å²) in [6, 6.07) is 10.5. The van der Waals surface area contributed by atoms with Crippen molar-refractivity contribution in [3.8, 4) is 5.75 Å². The van der Waals surface area contributed by atoms with Crippen molar-refractivity contribution in [3.63, 3.8) is 0 Å². The first-order valence-electron chi connectivity index (χ1n) is 8.42. The van der Waals surface area contributed by atoms with Gasteiger partial charge in [-0.1, -0.05) is 18.2 Å². The fourth-order valence-electron chi connectivity index (χ4n) is 2.49. The zero-order valence-electron chi connectivity index (χ0n) is 16.1. The van der Waals surface area contributed by atoms with Gasteiger partial charge in [0.2, 0.25) is 10.0 Å². The van der Waals surface area contributed by atoms with E-state index in [1.54, 1.807) is 25.1 Å². The third kappa shape index (κ3) is 5.39. The summed E-state index contributed by atoms with van der Waals surface area (Å²) in [4.78, 5) is 23.2. The molecule has 10 heteroatoms. The number of ether oxygens (including phenoxy) is 1. The van der Waals surface area contributed by atoms with Crippen LogP contribution >= 0.6 is 0 Å². The van der Waals surface area contributed by atoms with Crippen LogP contribution < -0.4 is 10.2 Å². The zero-order valence-corrected chi connectivity index (χ0v) is 16.9. The Hall–Kier alpha value is -3.24. The number of methoxy groups -OCH3 is 1. The van der Waals surface area contributed by atoms with E-state index < -0.39 is 28.4 Å². The Bertz CT molecular complexity index is 1050. The fourth-order valence-corrected chi connectivity index (χ4v) is 3.70. The van der Waals surface area contributed by atoms with Crippen LogP contribution in [-0.4, -0.2) is 56.6 Å². The van der Waals surface area contributed by atoms with Crippen molar-refractivity contribution in [1.29, 1.82) is 0 Å². The van der Waals surface area contributed by atoms with Crippen LogP contribution in [-0.2, 0) is 14.8 Å². The van der Waals surface area contributed by atoms with Gasteiger partial charge in [-0.25, -0.2) is 18.6 Å². The Balaban J connectivity index is 2.05.